The monoisotopic (exact) mass is 268 g/mol. The minimum atomic E-state index is -0.244. The second-order valence-electron chi connectivity index (χ2n) is 4.49. The molecule has 0 saturated heterocycles. The lowest BCUT2D eigenvalue weighted by atomic mass is 10.1. The molecule has 0 aliphatic heterocycles. The van der Waals surface area contributed by atoms with Crippen molar-refractivity contribution in [3.63, 3.8) is 0 Å². The zero-order valence-corrected chi connectivity index (χ0v) is 11.5. The molecule has 2 aromatic rings. The first-order valence-electron chi connectivity index (χ1n) is 6.26. The van der Waals surface area contributed by atoms with Crippen LogP contribution in [0.1, 0.15) is 21.5 Å². The molecule has 2 rings (SSSR count). The van der Waals surface area contributed by atoms with Gasteiger partial charge in [0, 0.05) is 17.2 Å². The molecule has 0 saturated carbocycles. The van der Waals surface area contributed by atoms with Crippen molar-refractivity contribution in [2.45, 2.75) is 6.92 Å². The van der Waals surface area contributed by atoms with Crippen molar-refractivity contribution in [3.05, 3.63) is 71.3 Å². The first-order chi connectivity index (χ1) is 9.60. The third-order valence-corrected chi connectivity index (χ3v) is 2.96. The van der Waals surface area contributed by atoms with Crippen LogP contribution in [0.15, 0.2) is 54.6 Å². The summed E-state index contributed by atoms with van der Waals surface area (Å²) in [6, 6.07) is 14.1. The van der Waals surface area contributed by atoms with E-state index in [1.54, 1.807) is 37.4 Å². The zero-order valence-electron chi connectivity index (χ0n) is 11.5. The smallest absolute Gasteiger partial charge is 0.189 e. The number of hydrogen-bond acceptors (Lipinski definition) is 3. The van der Waals surface area contributed by atoms with E-state index >= 15 is 0 Å². The maximum Gasteiger partial charge on any atom is 0.189 e. The van der Waals surface area contributed by atoms with Crippen LogP contribution in [0.25, 0.3) is 5.76 Å². The maximum atomic E-state index is 12.0. The van der Waals surface area contributed by atoms with Crippen molar-refractivity contribution >= 4 is 11.5 Å². The fraction of sp³-hybridized carbons (Fsp3) is 0.118. The van der Waals surface area contributed by atoms with Gasteiger partial charge in [0.2, 0.25) is 0 Å². The lowest BCUT2D eigenvalue weighted by molar-refractivity contribution is 0.104. The van der Waals surface area contributed by atoms with Crippen LogP contribution in [0.4, 0.5) is 0 Å². The third-order valence-electron chi connectivity index (χ3n) is 2.96. The highest BCUT2D eigenvalue weighted by molar-refractivity contribution is 6.07. The van der Waals surface area contributed by atoms with Crippen LogP contribution in [0.5, 0.6) is 5.75 Å². The highest BCUT2D eigenvalue weighted by Gasteiger charge is 2.06. The molecule has 0 radical (unpaired) electrons. The molecule has 20 heavy (non-hydrogen) atoms. The predicted octanol–water partition coefficient (Wildman–Crippen LogP) is 3.79. The van der Waals surface area contributed by atoms with Crippen LogP contribution in [0.3, 0.4) is 0 Å². The Bertz CT molecular complexity index is 640. The number of aliphatic hydroxyl groups excluding tert-OH is 1. The van der Waals surface area contributed by atoms with Crippen LogP contribution < -0.4 is 4.74 Å². The first-order valence-corrected chi connectivity index (χ1v) is 6.26. The Kier molecular flexibility index (Phi) is 4.20. The van der Waals surface area contributed by atoms with Crippen LogP contribution >= 0.6 is 0 Å². The van der Waals surface area contributed by atoms with Gasteiger partial charge in [0.1, 0.15) is 11.5 Å². The molecule has 0 bridgehead atoms. The minimum absolute atomic E-state index is 0.0329. The van der Waals surface area contributed by atoms with Crippen molar-refractivity contribution in [2.75, 3.05) is 7.11 Å². The van der Waals surface area contributed by atoms with Gasteiger partial charge in [0.25, 0.3) is 0 Å². The Hall–Kier alpha value is -2.55. The van der Waals surface area contributed by atoms with Crippen LogP contribution in [-0.4, -0.2) is 18.0 Å². The molecule has 0 aliphatic carbocycles. The molecule has 0 aromatic heterocycles. The fourth-order valence-electron chi connectivity index (χ4n) is 1.85. The molecule has 102 valence electrons. The summed E-state index contributed by atoms with van der Waals surface area (Å²) in [7, 11) is 1.57. The van der Waals surface area contributed by atoms with Crippen molar-refractivity contribution in [1.82, 2.24) is 0 Å². The molecule has 0 fully saturated rings. The van der Waals surface area contributed by atoms with Gasteiger partial charge in [-0.15, -0.1) is 0 Å². The number of carbonyl (C=O) groups is 1. The number of ketones is 1. The fourth-order valence-corrected chi connectivity index (χ4v) is 1.85. The maximum absolute atomic E-state index is 12.0. The van der Waals surface area contributed by atoms with Crippen molar-refractivity contribution in [2.24, 2.45) is 0 Å². The van der Waals surface area contributed by atoms with Crippen LogP contribution in [-0.2, 0) is 0 Å². The summed E-state index contributed by atoms with van der Waals surface area (Å²) in [5.41, 5.74) is 2.16. The van der Waals surface area contributed by atoms with E-state index in [0.29, 0.717) is 16.9 Å². The van der Waals surface area contributed by atoms with Crippen molar-refractivity contribution in [1.29, 1.82) is 0 Å². The van der Waals surface area contributed by atoms with E-state index in [-0.39, 0.29) is 11.5 Å². The van der Waals surface area contributed by atoms with Crippen molar-refractivity contribution in [3.8, 4) is 5.75 Å². The largest absolute Gasteiger partial charge is 0.507 e. The summed E-state index contributed by atoms with van der Waals surface area (Å²) >= 11 is 0. The van der Waals surface area contributed by atoms with Gasteiger partial charge in [0.15, 0.2) is 5.78 Å². The average Bonchev–Trinajstić information content (AvgIpc) is 2.47. The molecule has 0 heterocycles. The first kappa shape index (κ1) is 13.9. The number of rotatable bonds is 4. The number of carbonyl (C=O) groups excluding carboxylic acids is 1. The summed E-state index contributed by atoms with van der Waals surface area (Å²) in [6.07, 6.45) is 1.23. The summed E-state index contributed by atoms with van der Waals surface area (Å²) in [6.45, 7) is 1.93. The van der Waals surface area contributed by atoms with Gasteiger partial charge in [-0.05, 0) is 37.3 Å². The van der Waals surface area contributed by atoms with E-state index in [4.69, 9.17) is 4.74 Å². The molecule has 0 unspecified atom stereocenters. The average molecular weight is 268 g/mol. The molecule has 0 aliphatic rings. The van der Waals surface area contributed by atoms with Gasteiger partial charge in [-0.25, -0.2) is 0 Å². The highest BCUT2D eigenvalue weighted by Crippen LogP contribution is 2.16. The predicted molar refractivity (Wildman–Crippen MR) is 79.1 cm³/mol. The van der Waals surface area contributed by atoms with E-state index in [1.165, 1.54) is 6.08 Å². The summed E-state index contributed by atoms with van der Waals surface area (Å²) in [5, 5.41) is 9.99. The van der Waals surface area contributed by atoms with Crippen LogP contribution in [0.2, 0.25) is 0 Å². The van der Waals surface area contributed by atoms with E-state index in [9.17, 15) is 9.90 Å². The Morgan fingerprint density at radius 2 is 1.80 bits per heavy atom. The van der Waals surface area contributed by atoms with Crippen LogP contribution in [0, 0.1) is 6.92 Å². The Morgan fingerprint density at radius 1 is 1.10 bits per heavy atom. The van der Waals surface area contributed by atoms with Gasteiger partial charge < -0.3 is 9.84 Å². The zero-order chi connectivity index (χ0) is 14.5. The number of allylic oxidation sites excluding steroid dienone is 1. The van der Waals surface area contributed by atoms with Gasteiger partial charge in [-0.2, -0.15) is 0 Å². The lowest BCUT2D eigenvalue weighted by Gasteiger charge is -2.03. The second-order valence-corrected chi connectivity index (χ2v) is 4.49. The third kappa shape index (κ3) is 3.26. The standard InChI is InChI=1S/C17H16O3/c1-12-4-3-5-14(10-12)17(19)11-16(18)13-6-8-15(20-2)9-7-13/h3-11,19H,1-2H3. The summed E-state index contributed by atoms with van der Waals surface area (Å²) < 4.78 is 5.04. The number of methoxy groups -OCH3 is 1. The Labute approximate surface area is 118 Å². The normalized spacial score (nSPS) is 11.2. The quantitative estimate of drug-likeness (QED) is 0.521. The molecule has 0 amide bonds. The van der Waals surface area contributed by atoms with Crippen molar-refractivity contribution < 1.29 is 14.6 Å². The summed E-state index contributed by atoms with van der Waals surface area (Å²) in [4.78, 5) is 12.0. The molecule has 0 spiro atoms. The SMILES string of the molecule is COc1ccc(C(=O)C=C(O)c2cccc(C)c2)cc1. The molecule has 3 nitrogen and oxygen atoms in total. The second kappa shape index (κ2) is 6.06. The number of aliphatic hydroxyl groups is 1. The highest BCUT2D eigenvalue weighted by atomic mass is 16.5. The number of hydrogen-bond donors (Lipinski definition) is 1. The van der Waals surface area contributed by atoms with Gasteiger partial charge in [0.05, 0.1) is 7.11 Å². The van der Waals surface area contributed by atoms with Gasteiger partial charge in [-0.1, -0.05) is 23.8 Å². The lowest BCUT2D eigenvalue weighted by Crippen LogP contribution is -1.97. The van der Waals surface area contributed by atoms with E-state index in [0.717, 1.165) is 5.56 Å². The van der Waals surface area contributed by atoms with Gasteiger partial charge in [-0.3, -0.25) is 4.79 Å². The molecular weight excluding hydrogens is 252 g/mol. The molecule has 3 heteroatoms. The molecule has 2 aromatic carbocycles. The van der Waals surface area contributed by atoms with E-state index in [1.807, 2.05) is 25.1 Å². The number of aryl methyl sites for hydroxylation is 1. The Balaban J connectivity index is 2.22. The topological polar surface area (TPSA) is 46.5 Å². The summed E-state index contributed by atoms with van der Waals surface area (Å²) in [5.74, 6) is 0.412. The minimum Gasteiger partial charge on any atom is -0.507 e. The molecular formula is C17H16O3. The number of benzene rings is 2. The van der Waals surface area contributed by atoms with Gasteiger partial charge >= 0.3 is 0 Å². The van der Waals surface area contributed by atoms with E-state index < -0.39 is 0 Å². The Morgan fingerprint density at radius 3 is 2.40 bits per heavy atom. The molecule has 1 N–H and O–H groups in total. The molecule has 0 atom stereocenters. The number of ether oxygens (including phenoxy) is 1. The van der Waals surface area contributed by atoms with E-state index in [2.05, 4.69) is 0 Å².